The van der Waals surface area contributed by atoms with Gasteiger partial charge in [-0.1, -0.05) is 23.2 Å². The van der Waals surface area contributed by atoms with Crippen molar-refractivity contribution < 1.29 is 8.42 Å². The van der Waals surface area contributed by atoms with Gasteiger partial charge in [-0.3, -0.25) is 4.72 Å². The zero-order chi connectivity index (χ0) is 10.9. The normalized spacial score (nSPS) is 11.4. The number of pyridine rings is 1. The Kier molecular flexibility index (Phi) is 3.20. The summed E-state index contributed by atoms with van der Waals surface area (Å²) in [7, 11) is -3.85. The zero-order valence-electron chi connectivity index (χ0n) is 7.08. The Morgan fingerprint density at radius 3 is 2.50 bits per heavy atom. The third-order valence-electron chi connectivity index (χ3n) is 1.39. The Labute approximate surface area is 91.4 Å². The van der Waals surface area contributed by atoms with Crippen molar-refractivity contribution in [2.24, 2.45) is 5.14 Å². The van der Waals surface area contributed by atoms with Crippen LogP contribution in [0.5, 0.6) is 0 Å². The van der Waals surface area contributed by atoms with Gasteiger partial charge in [0, 0.05) is 0 Å². The molecule has 0 radical (unpaired) electrons. The second-order valence-corrected chi connectivity index (χ2v) is 4.61. The smallest absolute Gasteiger partial charge is 0.268 e. The zero-order valence-corrected chi connectivity index (χ0v) is 9.41. The van der Waals surface area contributed by atoms with Gasteiger partial charge in [-0.05, 0) is 18.6 Å². The molecule has 8 heteroatoms. The van der Waals surface area contributed by atoms with Gasteiger partial charge in [0.25, 0.3) is 10.2 Å². The van der Waals surface area contributed by atoms with Crippen LogP contribution in [-0.2, 0) is 10.2 Å². The lowest BCUT2D eigenvalue weighted by atomic mass is 10.3. The third-order valence-corrected chi connectivity index (χ3v) is 2.34. The van der Waals surface area contributed by atoms with E-state index >= 15 is 0 Å². The van der Waals surface area contributed by atoms with Gasteiger partial charge >= 0.3 is 0 Å². The number of nitrogens with one attached hydrogen (secondary N) is 1. The molecule has 0 bridgehead atoms. The molecule has 0 atom stereocenters. The maximum atomic E-state index is 10.7. The summed E-state index contributed by atoms with van der Waals surface area (Å²) >= 11 is 11.3. The first-order valence-corrected chi connectivity index (χ1v) is 5.73. The van der Waals surface area contributed by atoms with E-state index in [2.05, 4.69) is 4.98 Å². The summed E-state index contributed by atoms with van der Waals surface area (Å²) in [5.74, 6) is 0. The van der Waals surface area contributed by atoms with Crippen LogP contribution < -0.4 is 9.86 Å². The summed E-state index contributed by atoms with van der Waals surface area (Å²) in [5.41, 5.74) is 0.683. The molecule has 5 nitrogen and oxygen atoms in total. The molecule has 0 amide bonds. The average molecular weight is 256 g/mol. The number of halogens is 2. The molecular weight excluding hydrogens is 249 g/mol. The van der Waals surface area contributed by atoms with E-state index in [1.165, 1.54) is 6.07 Å². The van der Waals surface area contributed by atoms with Crippen LogP contribution in [0.4, 0.5) is 5.69 Å². The highest BCUT2D eigenvalue weighted by Crippen LogP contribution is 2.26. The molecule has 0 saturated heterocycles. The minimum Gasteiger partial charge on any atom is -0.268 e. The number of hydrogen-bond donors (Lipinski definition) is 2. The van der Waals surface area contributed by atoms with E-state index in [4.69, 9.17) is 28.3 Å². The van der Waals surface area contributed by atoms with E-state index in [1.807, 2.05) is 4.72 Å². The van der Waals surface area contributed by atoms with Crippen molar-refractivity contribution in [1.82, 2.24) is 4.98 Å². The van der Waals surface area contributed by atoms with Crippen LogP contribution >= 0.6 is 23.2 Å². The fraction of sp³-hybridized carbons (Fsp3) is 0.167. The molecule has 0 fully saturated rings. The minimum atomic E-state index is -3.85. The number of aromatic nitrogens is 1. The predicted molar refractivity (Wildman–Crippen MR) is 55.7 cm³/mol. The van der Waals surface area contributed by atoms with Gasteiger partial charge < -0.3 is 0 Å². The van der Waals surface area contributed by atoms with E-state index < -0.39 is 10.2 Å². The number of aryl methyl sites for hydroxylation is 1. The number of nitrogens with zero attached hydrogens (tertiary/aromatic N) is 1. The van der Waals surface area contributed by atoms with Crippen molar-refractivity contribution in [3.8, 4) is 0 Å². The Bertz CT molecular complexity index is 437. The highest BCUT2D eigenvalue weighted by atomic mass is 35.5. The van der Waals surface area contributed by atoms with Crippen LogP contribution in [-0.4, -0.2) is 13.4 Å². The van der Waals surface area contributed by atoms with E-state index in [0.29, 0.717) is 5.56 Å². The van der Waals surface area contributed by atoms with E-state index in [9.17, 15) is 8.42 Å². The molecule has 1 heterocycles. The molecule has 0 spiro atoms. The van der Waals surface area contributed by atoms with E-state index in [1.54, 1.807) is 6.92 Å². The molecule has 0 unspecified atom stereocenters. The van der Waals surface area contributed by atoms with Gasteiger partial charge in [0.15, 0.2) is 5.15 Å². The summed E-state index contributed by atoms with van der Waals surface area (Å²) in [6.45, 7) is 1.63. The van der Waals surface area contributed by atoms with Gasteiger partial charge in [-0.25, -0.2) is 10.1 Å². The number of rotatable bonds is 2. The minimum absolute atomic E-state index is 0.0379. The summed E-state index contributed by atoms with van der Waals surface area (Å²) in [5, 5.41) is 4.93. The fourth-order valence-corrected chi connectivity index (χ4v) is 2.04. The number of hydrogen-bond acceptors (Lipinski definition) is 3. The fourth-order valence-electron chi connectivity index (χ4n) is 0.860. The number of anilines is 1. The Balaban J connectivity index is 3.22. The molecule has 0 aliphatic heterocycles. The topological polar surface area (TPSA) is 85.1 Å². The van der Waals surface area contributed by atoms with E-state index in [0.717, 1.165) is 0 Å². The van der Waals surface area contributed by atoms with Gasteiger partial charge in [0.1, 0.15) is 5.15 Å². The second kappa shape index (κ2) is 3.90. The first-order chi connectivity index (χ1) is 6.29. The summed E-state index contributed by atoms with van der Waals surface area (Å²) in [6, 6.07) is 1.47. The second-order valence-electron chi connectivity index (χ2n) is 2.57. The first kappa shape index (κ1) is 11.5. The molecule has 1 rings (SSSR count). The molecule has 1 aromatic rings. The van der Waals surface area contributed by atoms with Gasteiger partial charge in [-0.15, -0.1) is 0 Å². The summed E-state index contributed by atoms with van der Waals surface area (Å²) < 4.78 is 23.5. The molecule has 78 valence electrons. The Morgan fingerprint density at radius 2 is 2.07 bits per heavy atom. The summed E-state index contributed by atoms with van der Waals surface area (Å²) in [4.78, 5) is 3.67. The van der Waals surface area contributed by atoms with Crippen molar-refractivity contribution >= 4 is 39.1 Å². The first-order valence-electron chi connectivity index (χ1n) is 3.43. The lowest BCUT2D eigenvalue weighted by molar-refractivity contribution is 0.603. The molecule has 3 N–H and O–H groups in total. The lowest BCUT2D eigenvalue weighted by Gasteiger charge is -2.08. The van der Waals surface area contributed by atoms with Gasteiger partial charge in [0.2, 0.25) is 0 Å². The van der Waals surface area contributed by atoms with Crippen molar-refractivity contribution in [3.63, 3.8) is 0 Å². The standard InChI is InChI=1S/C6H7Cl2N3O2S/c1-3-2-4(7)10-6(8)5(3)11-14(9,12)13/h2,11H,1H3,(H2,9,12,13). The van der Waals surface area contributed by atoms with Crippen LogP contribution in [0.1, 0.15) is 5.56 Å². The van der Waals surface area contributed by atoms with E-state index in [-0.39, 0.29) is 16.0 Å². The monoisotopic (exact) mass is 255 g/mol. The lowest BCUT2D eigenvalue weighted by Crippen LogP contribution is -2.22. The van der Waals surface area contributed by atoms with Crippen LogP contribution in [0.3, 0.4) is 0 Å². The van der Waals surface area contributed by atoms with Gasteiger partial charge in [0.05, 0.1) is 5.69 Å². The van der Waals surface area contributed by atoms with Crippen LogP contribution in [0.15, 0.2) is 6.07 Å². The highest BCUT2D eigenvalue weighted by Gasteiger charge is 2.11. The molecule has 0 aliphatic rings. The summed E-state index contributed by atoms with van der Waals surface area (Å²) in [6.07, 6.45) is 0. The molecular formula is C6H7Cl2N3O2S. The highest BCUT2D eigenvalue weighted by molar-refractivity contribution is 7.90. The molecule has 0 aliphatic carbocycles. The van der Waals surface area contributed by atoms with Crippen LogP contribution in [0.25, 0.3) is 0 Å². The molecule has 0 saturated carbocycles. The Hall–Kier alpha value is -0.560. The Morgan fingerprint density at radius 1 is 1.50 bits per heavy atom. The molecule has 14 heavy (non-hydrogen) atoms. The quantitative estimate of drug-likeness (QED) is 0.782. The molecule has 1 aromatic heterocycles. The van der Waals surface area contributed by atoms with Crippen molar-refractivity contribution in [1.29, 1.82) is 0 Å². The average Bonchev–Trinajstić information content (AvgIpc) is 1.95. The maximum Gasteiger partial charge on any atom is 0.296 e. The van der Waals surface area contributed by atoms with Crippen molar-refractivity contribution in [3.05, 3.63) is 21.9 Å². The van der Waals surface area contributed by atoms with Crippen molar-refractivity contribution in [2.45, 2.75) is 6.92 Å². The number of nitrogens with two attached hydrogens (primary N) is 1. The maximum absolute atomic E-state index is 10.7. The SMILES string of the molecule is Cc1cc(Cl)nc(Cl)c1NS(N)(=O)=O. The third kappa shape index (κ3) is 2.98. The predicted octanol–water partition coefficient (Wildman–Crippen LogP) is 1.31. The van der Waals surface area contributed by atoms with Crippen molar-refractivity contribution in [2.75, 3.05) is 4.72 Å². The van der Waals surface area contributed by atoms with Crippen LogP contribution in [0, 0.1) is 6.92 Å². The van der Waals surface area contributed by atoms with Gasteiger partial charge in [-0.2, -0.15) is 8.42 Å². The molecule has 0 aromatic carbocycles. The van der Waals surface area contributed by atoms with Crippen LogP contribution in [0.2, 0.25) is 10.3 Å². The largest absolute Gasteiger partial charge is 0.296 e.